The minimum absolute atomic E-state index is 0.0603. The number of aryl methyl sites for hydroxylation is 1. The predicted molar refractivity (Wildman–Crippen MR) is 144 cm³/mol. The molecule has 2 aromatic carbocycles. The molecule has 2 fully saturated rings. The Balaban J connectivity index is 0.000000786. The number of rotatable bonds is 10. The van der Waals surface area contributed by atoms with Crippen LogP contribution in [0.25, 0.3) is 5.69 Å². The molecular formula is C29H37FN4O4. The van der Waals surface area contributed by atoms with Gasteiger partial charge in [-0.3, -0.25) is 4.79 Å². The predicted octanol–water partition coefficient (Wildman–Crippen LogP) is 5.81. The first-order valence-corrected chi connectivity index (χ1v) is 13.3. The number of unbranched alkanes of at least 4 members (excludes halogenated alkanes) is 1. The van der Waals surface area contributed by atoms with E-state index in [0.717, 1.165) is 24.5 Å². The van der Waals surface area contributed by atoms with E-state index in [2.05, 4.69) is 29.1 Å². The number of carboxylic acid groups (broad SMARTS) is 1. The van der Waals surface area contributed by atoms with Gasteiger partial charge in [-0.15, -0.1) is 5.10 Å². The summed E-state index contributed by atoms with van der Waals surface area (Å²) in [6, 6.07) is 11.9. The van der Waals surface area contributed by atoms with E-state index in [1.54, 1.807) is 19.2 Å². The third-order valence-corrected chi connectivity index (χ3v) is 7.26. The molecule has 204 valence electrons. The second-order valence-electron chi connectivity index (χ2n) is 10.1. The molecule has 0 amide bonds. The Labute approximate surface area is 223 Å². The topological polar surface area (TPSA) is 89.7 Å². The molecule has 1 aromatic heterocycles. The first kappa shape index (κ1) is 27.4. The van der Waals surface area contributed by atoms with Gasteiger partial charge in [0.05, 0.1) is 7.11 Å². The third-order valence-electron chi connectivity index (χ3n) is 7.26. The summed E-state index contributed by atoms with van der Waals surface area (Å²) in [5, 5.41) is 17.5. The zero-order valence-corrected chi connectivity index (χ0v) is 22.5. The van der Waals surface area contributed by atoms with Crippen LogP contribution >= 0.6 is 0 Å². The summed E-state index contributed by atoms with van der Waals surface area (Å²) in [7, 11) is 1.54. The monoisotopic (exact) mass is 524 g/mol. The van der Waals surface area contributed by atoms with Crippen molar-refractivity contribution >= 4 is 11.8 Å². The van der Waals surface area contributed by atoms with E-state index in [4.69, 9.17) is 14.6 Å². The molecule has 1 N–H and O–H groups in total. The van der Waals surface area contributed by atoms with Crippen LogP contribution in [0.2, 0.25) is 0 Å². The van der Waals surface area contributed by atoms with Crippen molar-refractivity contribution in [2.75, 3.05) is 25.1 Å². The number of aromatic nitrogens is 3. The molecule has 1 saturated heterocycles. The van der Waals surface area contributed by atoms with Gasteiger partial charge in [0.25, 0.3) is 0 Å². The molecule has 9 heteroatoms. The Morgan fingerprint density at radius 2 is 1.87 bits per heavy atom. The minimum atomic E-state index is -0.837. The Morgan fingerprint density at radius 3 is 2.50 bits per heavy atom. The maximum absolute atomic E-state index is 14.8. The molecule has 0 bridgehead atoms. The second kappa shape index (κ2) is 12.3. The number of ether oxygens (including phenoxy) is 2. The summed E-state index contributed by atoms with van der Waals surface area (Å²) in [4.78, 5) is 13.1. The first-order valence-electron chi connectivity index (χ1n) is 13.3. The van der Waals surface area contributed by atoms with Crippen molar-refractivity contribution in [1.82, 2.24) is 15.0 Å². The number of benzene rings is 2. The number of aliphatic carboxylic acids is 1. The van der Waals surface area contributed by atoms with E-state index >= 15 is 0 Å². The van der Waals surface area contributed by atoms with Crippen LogP contribution in [0.3, 0.4) is 0 Å². The zero-order chi connectivity index (χ0) is 27.1. The molecule has 1 saturated carbocycles. The highest BCUT2D eigenvalue weighted by Gasteiger charge is 2.49. The fraction of sp³-hybridized carbons (Fsp3) is 0.483. The van der Waals surface area contributed by atoms with E-state index < -0.39 is 11.8 Å². The maximum Gasteiger partial charge on any atom is 0.303 e. The number of methoxy groups -OCH3 is 1. The summed E-state index contributed by atoms with van der Waals surface area (Å²) in [5.74, 6) is 0.634. The van der Waals surface area contributed by atoms with Crippen LogP contribution in [0.15, 0.2) is 42.5 Å². The van der Waals surface area contributed by atoms with Crippen LogP contribution in [0.1, 0.15) is 63.6 Å². The van der Waals surface area contributed by atoms with Gasteiger partial charge < -0.3 is 19.5 Å². The molecule has 0 unspecified atom stereocenters. The normalized spacial score (nSPS) is 15.2. The van der Waals surface area contributed by atoms with Gasteiger partial charge in [0.2, 0.25) is 0 Å². The van der Waals surface area contributed by atoms with E-state index in [1.165, 1.54) is 42.9 Å². The van der Waals surface area contributed by atoms with Crippen LogP contribution < -0.4 is 14.4 Å². The summed E-state index contributed by atoms with van der Waals surface area (Å²) in [6.45, 7) is 6.31. The van der Waals surface area contributed by atoms with Crippen molar-refractivity contribution in [3.63, 3.8) is 0 Å². The fourth-order valence-corrected chi connectivity index (χ4v) is 4.76. The lowest BCUT2D eigenvalue weighted by atomic mass is 9.63. The van der Waals surface area contributed by atoms with E-state index in [1.807, 2.05) is 24.3 Å². The first-order chi connectivity index (χ1) is 18.4. The fourth-order valence-electron chi connectivity index (χ4n) is 4.76. The van der Waals surface area contributed by atoms with E-state index in [-0.39, 0.29) is 18.7 Å². The Hall–Kier alpha value is -3.62. The van der Waals surface area contributed by atoms with Gasteiger partial charge in [-0.2, -0.15) is 4.68 Å². The molecular weight excluding hydrogens is 487 g/mol. The van der Waals surface area contributed by atoms with Gasteiger partial charge in [0.15, 0.2) is 5.82 Å². The maximum atomic E-state index is 14.8. The summed E-state index contributed by atoms with van der Waals surface area (Å²) < 4.78 is 27.6. The standard InChI is InChI=1S/C25H27FN4O4.C4H10/c1-33-18-7-8-20(26)22(13-18)30-24(29-15-25(16-29)10-3-11-25)21(27-28-30)14-34-19-5-2-4-17(12-19)6-9-23(31)32;1-3-4-2/h2,4-5,7-8,12-13H,3,6,9-11,14-16H2,1H3,(H,31,32);3-4H2,1-2H3. The number of carboxylic acids is 1. The minimum Gasteiger partial charge on any atom is -0.497 e. The van der Waals surface area contributed by atoms with E-state index in [9.17, 15) is 9.18 Å². The largest absolute Gasteiger partial charge is 0.497 e. The van der Waals surface area contributed by atoms with Crippen LogP contribution in [-0.4, -0.2) is 46.3 Å². The number of hydrogen-bond donors (Lipinski definition) is 1. The van der Waals surface area contributed by atoms with Gasteiger partial charge >= 0.3 is 5.97 Å². The zero-order valence-electron chi connectivity index (χ0n) is 22.5. The Bertz CT molecular complexity index is 1230. The van der Waals surface area contributed by atoms with Crippen LogP contribution in [0.5, 0.6) is 11.5 Å². The molecule has 8 nitrogen and oxygen atoms in total. The van der Waals surface area contributed by atoms with Crippen molar-refractivity contribution in [2.24, 2.45) is 5.41 Å². The Morgan fingerprint density at radius 1 is 1.11 bits per heavy atom. The van der Waals surface area contributed by atoms with Crippen LogP contribution in [-0.2, 0) is 17.8 Å². The highest BCUT2D eigenvalue weighted by atomic mass is 19.1. The molecule has 1 aliphatic carbocycles. The highest BCUT2D eigenvalue weighted by molar-refractivity contribution is 5.67. The molecule has 1 aliphatic heterocycles. The lowest BCUT2D eigenvalue weighted by molar-refractivity contribution is -0.136. The molecule has 3 aromatic rings. The molecule has 1 spiro atoms. The van der Waals surface area contributed by atoms with Crippen LogP contribution in [0, 0.1) is 11.2 Å². The highest BCUT2D eigenvalue weighted by Crippen LogP contribution is 2.50. The number of carbonyl (C=O) groups is 1. The molecule has 2 aliphatic rings. The second-order valence-corrected chi connectivity index (χ2v) is 10.1. The summed E-state index contributed by atoms with van der Waals surface area (Å²) in [5.41, 5.74) is 2.14. The van der Waals surface area contributed by atoms with E-state index in [0.29, 0.717) is 29.0 Å². The van der Waals surface area contributed by atoms with Crippen molar-refractivity contribution < 1.29 is 23.8 Å². The molecule has 38 heavy (non-hydrogen) atoms. The molecule has 2 heterocycles. The molecule has 0 radical (unpaired) electrons. The average Bonchev–Trinajstić information content (AvgIpc) is 3.28. The lowest BCUT2D eigenvalue weighted by Crippen LogP contribution is -2.60. The quantitative estimate of drug-likeness (QED) is 0.358. The van der Waals surface area contributed by atoms with Gasteiger partial charge in [0.1, 0.15) is 35.3 Å². The Kier molecular flexibility index (Phi) is 8.86. The SMILES string of the molecule is CCCC.COc1ccc(F)c(-n2nnc(COc3cccc(CCC(=O)O)c3)c2N2CC3(CCC3)C2)c1. The number of anilines is 1. The van der Waals surface area contributed by atoms with Gasteiger partial charge in [0, 0.05) is 31.0 Å². The molecule has 5 rings (SSSR count). The van der Waals surface area contributed by atoms with Gasteiger partial charge in [-0.25, -0.2) is 4.39 Å². The van der Waals surface area contributed by atoms with Crippen molar-refractivity contribution in [3.8, 4) is 17.2 Å². The third kappa shape index (κ3) is 6.26. The van der Waals surface area contributed by atoms with Crippen molar-refractivity contribution in [3.05, 3.63) is 59.5 Å². The number of hydrogen-bond acceptors (Lipinski definition) is 6. The number of halogens is 1. The summed E-state index contributed by atoms with van der Waals surface area (Å²) in [6.07, 6.45) is 6.81. The van der Waals surface area contributed by atoms with Crippen molar-refractivity contribution in [2.45, 2.75) is 65.4 Å². The summed E-state index contributed by atoms with van der Waals surface area (Å²) >= 11 is 0. The number of nitrogens with zero attached hydrogens (tertiary/aromatic N) is 4. The van der Waals surface area contributed by atoms with Crippen molar-refractivity contribution in [1.29, 1.82) is 0 Å². The van der Waals surface area contributed by atoms with Crippen LogP contribution in [0.4, 0.5) is 10.2 Å². The molecule has 0 atom stereocenters. The smallest absolute Gasteiger partial charge is 0.303 e. The van der Waals surface area contributed by atoms with Gasteiger partial charge in [-0.05, 0) is 49.1 Å². The average molecular weight is 525 g/mol. The lowest BCUT2D eigenvalue weighted by Gasteiger charge is -2.56. The van der Waals surface area contributed by atoms with Gasteiger partial charge in [-0.1, -0.05) is 50.5 Å².